The molecule has 3 aromatic carbocycles. The predicted molar refractivity (Wildman–Crippen MR) is 129 cm³/mol. The molecule has 156 valence electrons. The summed E-state index contributed by atoms with van der Waals surface area (Å²) in [6.45, 7) is 1.08. The average Bonchev–Trinajstić information content (AvgIpc) is 3.09. The number of carbonyl (C=O) groups excluding carboxylic acids is 1. The van der Waals surface area contributed by atoms with Gasteiger partial charge in [0.25, 0.3) is 5.97 Å². The first-order valence-electron chi connectivity index (χ1n) is 9.72. The number of carboxylic acid groups (broad SMARTS) is 1. The summed E-state index contributed by atoms with van der Waals surface area (Å²) >= 11 is 2.25. The van der Waals surface area contributed by atoms with E-state index >= 15 is 0 Å². The Bertz CT molecular complexity index is 1190. The van der Waals surface area contributed by atoms with Crippen LogP contribution in [0.15, 0.2) is 82.7 Å². The third-order valence-electron chi connectivity index (χ3n) is 4.30. The number of hydrogen-bond donors (Lipinski definition) is 2. The topological polar surface area (TPSA) is 78.8 Å². The first-order chi connectivity index (χ1) is 15.3. The van der Waals surface area contributed by atoms with Crippen molar-refractivity contribution in [3.63, 3.8) is 0 Å². The summed E-state index contributed by atoms with van der Waals surface area (Å²) in [5.41, 5.74) is 2.87. The van der Waals surface area contributed by atoms with Crippen molar-refractivity contribution >= 4 is 71.3 Å². The number of nitrogens with zero attached hydrogens (tertiary/aromatic N) is 1. The molecule has 0 saturated heterocycles. The van der Waals surface area contributed by atoms with Gasteiger partial charge in [-0.1, -0.05) is 30.3 Å². The summed E-state index contributed by atoms with van der Waals surface area (Å²) in [5.74, 6) is -1.47. The maximum atomic E-state index is 14.5. The van der Waals surface area contributed by atoms with Crippen LogP contribution in [0.1, 0.15) is 12.5 Å². The number of aliphatic carboxylic acids is 1. The molecule has 0 spiro atoms. The van der Waals surface area contributed by atoms with Gasteiger partial charge in [0.2, 0.25) is 0 Å². The number of carbonyl (C=O) groups is 2. The average molecular weight is 456 g/mol. The fraction of sp³-hybridized carbons (Fsp3) is 0.0417. The van der Waals surface area contributed by atoms with Crippen LogP contribution >= 0.6 is 11.8 Å². The molecule has 5 nitrogen and oxygen atoms in total. The molecule has 4 rings (SSSR count). The van der Waals surface area contributed by atoms with Crippen LogP contribution in [-0.4, -0.2) is 50.1 Å². The Kier molecular flexibility index (Phi) is 8.41. The third kappa shape index (κ3) is 6.90. The molecule has 1 aliphatic heterocycles. The van der Waals surface area contributed by atoms with Crippen LogP contribution in [0.3, 0.4) is 0 Å². The van der Waals surface area contributed by atoms with E-state index in [0.717, 1.165) is 46.1 Å². The van der Waals surface area contributed by atoms with Crippen LogP contribution < -0.4 is 8.13 Å². The number of aliphatic imine (C=N–C) groups is 1. The van der Waals surface area contributed by atoms with Gasteiger partial charge in [-0.05, 0) is 5.56 Å². The zero-order valence-electron chi connectivity index (χ0n) is 17.5. The Hall–Kier alpha value is -2.71. The number of thioether (sulfide) groups is 1. The second kappa shape index (κ2) is 11.2. The molecule has 0 aromatic heterocycles. The number of benzene rings is 3. The number of halogens is 1. The molecule has 0 atom stereocenters. The van der Waals surface area contributed by atoms with Crippen molar-refractivity contribution in [1.29, 1.82) is 0 Å². The molecular formula is C24H18FN2NaO3S. The molecule has 0 aliphatic carbocycles. The zero-order chi connectivity index (χ0) is 23.1. The van der Waals surface area contributed by atoms with Gasteiger partial charge in [-0.25, -0.2) is 4.39 Å². The third-order valence-corrected chi connectivity index (χ3v) is 5.86. The number of carboxylic acids is 1. The Morgan fingerprint density at radius 3 is 2.38 bits per heavy atom. The van der Waals surface area contributed by atoms with Gasteiger partial charge in [0.15, 0.2) is 0 Å². The van der Waals surface area contributed by atoms with Crippen molar-refractivity contribution < 1.29 is 19.1 Å². The monoisotopic (exact) mass is 456 g/mol. The molecule has 1 aliphatic rings. The van der Waals surface area contributed by atoms with Gasteiger partial charge >= 0.3 is 139 Å². The first-order valence-corrected chi connectivity index (χ1v) is 11.5. The molecular weight excluding hydrogens is 438 g/mol. The first kappa shape index (κ1) is 23.9. The van der Waals surface area contributed by atoms with Gasteiger partial charge in [-0.15, -0.1) is 0 Å². The van der Waals surface area contributed by atoms with Gasteiger partial charge in [0, 0.05) is 12.5 Å². The number of amides is 1. The molecule has 0 bridgehead atoms. The summed E-state index contributed by atoms with van der Waals surface area (Å²) in [6, 6.07) is 22.4. The van der Waals surface area contributed by atoms with Crippen LogP contribution in [0, 0.1) is 5.82 Å². The van der Waals surface area contributed by atoms with Gasteiger partial charge in [-0.3, -0.25) is 4.79 Å². The fourth-order valence-corrected chi connectivity index (χ4v) is 4.01. The van der Waals surface area contributed by atoms with E-state index < -0.39 is 5.97 Å². The van der Waals surface area contributed by atoms with E-state index in [0.29, 0.717) is 21.2 Å². The number of hydrogen-bond acceptors (Lipinski definition) is 4. The minimum atomic E-state index is -0.833. The number of anilines is 1. The van der Waals surface area contributed by atoms with Crippen LogP contribution in [-0.2, 0) is 9.59 Å². The molecule has 0 saturated carbocycles. The summed E-state index contributed by atoms with van der Waals surface area (Å²) in [7, 11) is 0. The molecule has 0 unspecified atom stereocenters. The fourth-order valence-electron chi connectivity index (χ4n) is 2.85. The van der Waals surface area contributed by atoms with E-state index in [2.05, 4.69) is 10.3 Å². The molecule has 1 heterocycles. The summed E-state index contributed by atoms with van der Waals surface area (Å²) in [6.07, 6.45) is 1.67. The van der Waals surface area contributed by atoms with Crippen LogP contribution in [0.4, 0.5) is 10.1 Å². The minimum absolute atomic E-state index is 0.320. The van der Waals surface area contributed by atoms with Gasteiger partial charge in [-0.2, -0.15) is 0 Å². The van der Waals surface area contributed by atoms with Crippen molar-refractivity contribution in [2.75, 3.05) is 5.32 Å². The van der Waals surface area contributed by atoms with E-state index in [-0.39, 0.29) is 11.7 Å². The Balaban J connectivity index is 0.000000668. The maximum absolute atomic E-state index is 14.5. The molecule has 8 heteroatoms. The molecule has 32 heavy (non-hydrogen) atoms. The number of nitrogens with one attached hydrogen (secondary N) is 1. The van der Waals surface area contributed by atoms with E-state index in [9.17, 15) is 9.18 Å². The standard InChI is InChI=1S/C22H14FN2OS.C2H4O2.Na/c23-19-13-15(11-12-18(19)16-7-3-1-4-8-16)14-20-21(26)25-22(27-20)24-17-9-5-2-6-10-17;1-2(3)4;/h1,3-14H,(H,24,25,26);1H3,(H,3,4);. The summed E-state index contributed by atoms with van der Waals surface area (Å²) in [4.78, 5) is 25.7. The van der Waals surface area contributed by atoms with E-state index in [1.54, 1.807) is 12.1 Å². The van der Waals surface area contributed by atoms with Crippen molar-refractivity contribution in [2.24, 2.45) is 4.99 Å². The molecule has 1 amide bonds. The van der Waals surface area contributed by atoms with Crippen LogP contribution in [0.25, 0.3) is 17.2 Å². The molecule has 0 fully saturated rings. The zero-order valence-corrected chi connectivity index (χ0v) is 20.3. The Labute approximate surface area is 206 Å². The summed E-state index contributed by atoms with van der Waals surface area (Å²) < 4.78 is 15.8. The quantitative estimate of drug-likeness (QED) is 0.450. The normalized spacial score (nSPS) is 13.9. The van der Waals surface area contributed by atoms with E-state index in [4.69, 9.17) is 9.90 Å². The predicted octanol–water partition coefficient (Wildman–Crippen LogP) is 4.46. The SMILES string of the molecule is CC(=O)O.O=C1N=C(Nc2cc[c]([Na])cc2)SC1=Cc1ccc(-c2ccccc2)c(F)c1. The van der Waals surface area contributed by atoms with Gasteiger partial charge in [0.1, 0.15) is 0 Å². The van der Waals surface area contributed by atoms with Crippen molar-refractivity contribution in [3.05, 3.63) is 89.1 Å². The molecule has 0 radical (unpaired) electrons. The van der Waals surface area contributed by atoms with E-state index in [1.165, 1.54) is 20.6 Å². The van der Waals surface area contributed by atoms with Crippen LogP contribution in [0.2, 0.25) is 0 Å². The van der Waals surface area contributed by atoms with Crippen molar-refractivity contribution in [3.8, 4) is 11.1 Å². The molecule has 3 aromatic rings. The van der Waals surface area contributed by atoms with Gasteiger partial charge < -0.3 is 5.11 Å². The Morgan fingerprint density at radius 2 is 1.75 bits per heavy atom. The molecule has 2 N–H and O–H groups in total. The second-order valence-corrected chi connectivity index (χ2v) is 9.13. The van der Waals surface area contributed by atoms with E-state index in [1.807, 2.05) is 60.7 Å². The summed E-state index contributed by atoms with van der Waals surface area (Å²) in [5, 5.41) is 11.1. The van der Waals surface area contributed by atoms with Crippen molar-refractivity contribution in [2.45, 2.75) is 6.92 Å². The second-order valence-electron chi connectivity index (χ2n) is 6.95. The number of rotatable bonds is 3. The van der Waals surface area contributed by atoms with Crippen LogP contribution in [0.5, 0.6) is 0 Å². The van der Waals surface area contributed by atoms with Crippen molar-refractivity contribution in [1.82, 2.24) is 0 Å². The number of amidine groups is 1. The Morgan fingerprint density at radius 1 is 1.09 bits per heavy atom. The van der Waals surface area contributed by atoms with Gasteiger partial charge in [0.05, 0.1) is 0 Å².